The number of rotatable bonds is 8. The zero-order valence-electron chi connectivity index (χ0n) is 24.4. The molecule has 1 unspecified atom stereocenters. The molecule has 3 atom stereocenters. The summed E-state index contributed by atoms with van der Waals surface area (Å²) in [5.74, 6) is -1.52. The van der Waals surface area contributed by atoms with Crippen molar-refractivity contribution in [1.82, 2.24) is 15.1 Å². The second-order valence-electron chi connectivity index (χ2n) is 12.0. The summed E-state index contributed by atoms with van der Waals surface area (Å²) in [6, 6.07) is 8.86. The van der Waals surface area contributed by atoms with Gasteiger partial charge < -0.3 is 19.9 Å². The number of ether oxygens (including phenoxy) is 2. The minimum atomic E-state index is -0.814. The molecule has 0 bridgehead atoms. The van der Waals surface area contributed by atoms with Crippen molar-refractivity contribution in [3.8, 4) is 5.75 Å². The number of carboxylic acids is 1. The summed E-state index contributed by atoms with van der Waals surface area (Å²) in [5, 5.41) is 13.1. The van der Waals surface area contributed by atoms with Crippen molar-refractivity contribution < 1.29 is 33.0 Å². The average molecular weight is 594 g/mol. The van der Waals surface area contributed by atoms with E-state index in [0.717, 1.165) is 60.8 Å². The van der Waals surface area contributed by atoms with E-state index in [-0.39, 0.29) is 30.1 Å². The molecule has 10 heteroatoms. The first kappa shape index (κ1) is 29.2. The SMILES string of the molecule is COc1ccc([C@H]2CC[C@H](C(=O)O)CC2)cc1C1=C(CN2C(=O)O[C@H](c3cc(F)cc(F)c3)[C@@H]2C)NC(N2CCC2)C=C1. The van der Waals surface area contributed by atoms with E-state index in [0.29, 0.717) is 18.6 Å². The summed E-state index contributed by atoms with van der Waals surface area (Å²) in [6.07, 6.45) is 6.83. The maximum atomic E-state index is 14.0. The molecule has 2 N–H and O–H groups in total. The molecule has 0 spiro atoms. The van der Waals surface area contributed by atoms with Crippen molar-refractivity contribution in [2.24, 2.45) is 5.92 Å². The Hall–Kier alpha value is -3.92. The van der Waals surface area contributed by atoms with Crippen LogP contribution in [0, 0.1) is 17.6 Å². The summed E-state index contributed by atoms with van der Waals surface area (Å²) in [6.45, 7) is 3.96. The molecule has 4 aliphatic rings. The van der Waals surface area contributed by atoms with Crippen molar-refractivity contribution in [3.63, 3.8) is 0 Å². The van der Waals surface area contributed by atoms with E-state index in [1.807, 2.05) is 13.0 Å². The Labute approximate surface area is 249 Å². The van der Waals surface area contributed by atoms with Gasteiger partial charge in [-0.1, -0.05) is 12.1 Å². The van der Waals surface area contributed by atoms with Crippen LogP contribution in [0.2, 0.25) is 0 Å². The van der Waals surface area contributed by atoms with E-state index in [1.165, 1.54) is 12.1 Å². The zero-order chi connectivity index (χ0) is 30.2. The first-order valence-corrected chi connectivity index (χ1v) is 15.0. The van der Waals surface area contributed by atoms with Gasteiger partial charge in [-0.2, -0.15) is 0 Å². The number of cyclic esters (lactones) is 1. The van der Waals surface area contributed by atoms with Crippen molar-refractivity contribution in [2.75, 3.05) is 26.7 Å². The normalized spacial score (nSPS) is 27.5. The Morgan fingerprint density at radius 3 is 2.42 bits per heavy atom. The molecule has 1 saturated carbocycles. The molecule has 3 heterocycles. The molecule has 2 aromatic rings. The number of carboxylic acid groups (broad SMARTS) is 1. The van der Waals surface area contributed by atoms with Crippen molar-refractivity contribution in [2.45, 2.75) is 63.3 Å². The highest BCUT2D eigenvalue weighted by molar-refractivity contribution is 5.82. The molecule has 1 aliphatic carbocycles. The minimum absolute atomic E-state index is 0.0324. The topological polar surface area (TPSA) is 91.3 Å². The summed E-state index contributed by atoms with van der Waals surface area (Å²) in [4.78, 5) is 28.6. The van der Waals surface area contributed by atoms with Gasteiger partial charge in [0.25, 0.3) is 0 Å². The quantitative estimate of drug-likeness (QED) is 0.399. The maximum Gasteiger partial charge on any atom is 0.411 e. The Morgan fingerprint density at radius 2 is 1.79 bits per heavy atom. The smallest absolute Gasteiger partial charge is 0.411 e. The van der Waals surface area contributed by atoms with Gasteiger partial charge in [0, 0.05) is 41.6 Å². The fourth-order valence-corrected chi connectivity index (χ4v) is 6.74. The van der Waals surface area contributed by atoms with Crippen LogP contribution in [0.3, 0.4) is 0 Å². The van der Waals surface area contributed by atoms with Crippen LogP contribution in [0.1, 0.15) is 67.7 Å². The van der Waals surface area contributed by atoms with E-state index >= 15 is 0 Å². The fraction of sp³-hybridized carbons (Fsp3) is 0.455. The van der Waals surface area contributed by atoms with Gasteiger partial charge in [-0.3, -0.25) is 14.6 Å². The van der Waals surface area contributed by atoms with Gasteiger partial charge in [-0.05, 0) is 80.9 Å². The number of carbonyl (C=O) groups is 2. The lowest BCUT2D eigenvalue weighted by atomic mass is 9.78. The second-order valence-corrected chi connectivity index (χ2v) is 12.0. The number of hydrogen-bond acceptors (Lipinski definition) is 6. The number of hydrogen-bond donors (Lipinski definition) is 2. The van der Waals surface area contributed by atoms with Crippen LogP contribution in [0.4, 0.5) is 13.6 Å². The largest absolute Gasteiger partial charge is 0.496 e. The highest BCUT2D eigenvalue weighted by Gasteiger charge is 2.41. The van der Waals surface area contributed by atoms with Gasteiger partial charge >= 0.3 is 12.1 Å². The standard InChI is InChI=1S/C33H37F2N3O5/c1-19-31(23-14-24(34)17-25(35)15-23)43-33(41)38(19)18-28-26(9-11-30(36-28)37-12-3-13-37)27-16-22(8-10-29(27)42-2)20-4-6-21(7-5-20)32(39)40/h8-11,14-17,19-21,30-31,36H,3-7,12-13,18H2,1-2H3,(H,39,40)/t19-,20-,21-,30?,31-/m0/s1. The summed E-state index contributed by atoms with van der Waals surface area (Å²) >= 11 is 0. The zero-order valence-corrected chi connectivity index (χ0v) is 24.4. The van der Waals surface area contributed by atoms with Crippen LogP contribution in [-0.2, 0) is 9.53 Å². The third kappa shape index (κ3) is 5.85. The number of nitrogens with zero attached hydrogens (tertiary/aromatic N) is 2. The van der Waals surface area contributed by atoms with Gasteiger partial charge in [-0.25, -0.2) is 13.6 Å². The number of carbonyl (C=O) groups excluding carboxylic acids is 1. The van der Waals surface area contributed by atoms with Gasteiger partial charge in [0.2, 0.25) is 0 Å². The number of methoxy groups -OCH3 is 1. The molecule has 3 fully saturated rings. The predicted octanol–water partition coefficient (Wildman–Crippen LogP) is 5.82. The van der Waals surface area contributed by atoms with Gasteiger partial charge in [0.05, 0.1) is 31.8 Å². The number of likely N-dealkylation sites (tertiary alicyclic amines) is 1. The average Bonchev–Trinajstić information content (AvgIpc) is 3.24. The summed E-state index contributed by atoms with van der Waals surface area (Å²) < 4.78 is 39.4. The van der Waals surface area contributed by atoms with Crippen LogP contribution in [0.25, 0.3) is 5.57 Å². The van der Waals surface area contributed by atoms with E-state index in [4.69, 9.17) is 9.47 Å². The first-order chi connectivity index (χ1) is 20.7. The van der Waals surface area contributed by atoms with Crippen LogP contribution in [0.15, 0.2) is 54.2 Å². The second kappa shape index (κ2) is 12.0. The number of dihydropyridines is 1. The van der Waals surface area contributed by atoms with Crippen molar-refractivity contribution in [3.05, 3.63) is 82.6 Å². The summed E-state index contributed by atoms with van der Waals surface area (Å²) in [5.41, 5.74) is 3.99. The molecule has 2 aromatic carbocycles. The molecule has 2 saturated heterocycles. The Kier molecular flexibility index (Phi) is 8.13. The Balaban J connectivity index is 1.32. The number of nitrogens with one attached hydrogen (secondary N) is 1. The van der Waals surface area contributed by atoms with E-state index < -0.39 is 35.8 Å². The molecule has 8 nitrogen and oxygen atoms in total. The molecule has 228 valence electrons. The molecule has 1 amide bonds. The lowest BCUT2D eigenvalue weighted by molar-refractivity contribution is -0.142. The van der Waals surface area contributed by atoms with E-state index in [1.54, 1.807) is 12.0 Å². The number of allylic oxidation sites excluding steroid dienone is 2. The highest BCUT2D eigenvalue weighted by Crippen LogP contribution is 2.41. The molecular weight excluding hydrogens is 556 g/mol. The highest BCUT2D eigenvalue weighted by atomic mass is 19.1. The van der Waals surface area contributed by atoms with Gasteiger partial charge in [0.15, 0.2) is 0 Å². The lowest BCUT2D eigenvalue weighted by Crippen LogP contribution is -2.53. The van der Waals surface area contributed by atoms with Crippen molar-refractivity contribution >= 4 is 17.6 Å². The minimum Gasteiger partial charge on any atom is -0.496 e. The fourth-order valence-electron chi connectivity index (χ4n) is 6.74. The first-order valence-electron chi connectivity index (χ1n) is 15.0. The molecule has 0 radical (unpaired) electrons. The number of halogens is 2. The van der Waals surface area contributed by atoms with E-state index in [9.17, 15) is 23.5 Å². The molecule has 0 aromatic heterocycles. The number of aliphatic carboxylic acids is 1. The summed E-state index contributed by atoms with van der Waals surface area (Å²) in [7, 11) is 1.63. The van der Waals surface area contributed by atoms with Crippen LogP contribution in [-0.4, -0.2) is 65.9 Å². The van der Waals surface area contributed by atoms with Crippen molar-refractivity contribution in [1.29, 1.82) is 0 Å². The van der Waals surface area contributed by atoms with Crippen LogP contribution >= 0.6 is 0 Å². The lowest BCUT2D eigenvalue weighted by Gasteiger charge is -2.40. The monoisotopic (exact) mass is 593 g/mol. The number of benzene rings is 2. The molecule has 6 rings (SSSR count). The maximum absolute atomic E-state index is 14.0. The van der Waals surface area contributed by atoms with E-state index in [2.05, 4.69) is 34.5 Å². The molecule has 43 heavy (non-hydrogen) atoms. The Bertz CT molecular complexity index is 1440. The third-order valence-corrected chi connectivity index (χ3v) is 9.37. The predicted molar refractivity (Wildman–Crippen MR) is 156 cm³/mol. The third-order valence-electron chi connectivity index (χ3n) is 9.37. The number of amides is 1. The van der Waals surface area contributed by atoms with Gasteiger partial charge in [0.1, 0.15) is 23.5 Å². The molecule has 3 aliphatic heterocycles. The van der Waals surface area contributed by atoms with Gasteiger partial charge in [-0.15, -0.1) is 0 Å². The van der Waals surface area contributed by atoms with Crippen LogP contribution < -0.4 is 10.1 Å². The Morgan fingerprint density at radius 1 is 1.07 bits per heavy atom. The van der Waals surface area contributed by atoms with Crippen LogP contribution in [0.5, 0.6) is 5.75 Å². The molecular formula is C33H37F2N3O5.